The van der Waals surface area contributed by atoms with Crippen LogP contribution >= 0.6 is 23.2 Å². The van der Waals surface area contributed by atoms with Crippen molar-refractivity contribution in [3.8, 4) is 11.4 Å². The molecule has 116 valence electrons. The topological polar surface area (TPSA) is 57.0 Å². The molecule has 0 fully saturated rings. The molecule has 1 aromatic heterocycles. The lowest BCUT2D eigenvalue weighted by Crippen LogP contribution is -2.11. The number of nitrogens with zero attached hydrogens (tertiary/aromatic N) is 3. The van der Waals surface area contributed by atoms with Gasteiger partial charge in [0.15, 0.2) is 5.69 Å². The molecule has 0 unspecified atom stereocenters. The molecule has 0 spiro atoms. The summed E-state index contributed by atoms with van der Waals surface area (Å²) in [6, 6.07) is 13.6. The first-order chi connectivity index (χ1) is 11.0. The Bertz CT molecular complexity index is 860. The summed E-state index contributed by atoms with van der Waals surface area (Å²) in [7, 11) is 0. The second-order valence-electron chi connectivity index (χ2n) is 4.76. The third-order valence-electron chi connectivity index (χ3n) is 3.16. The summed E-state index contributed by atoms with van der Waals surface area (Å²) in [5.41, 5.74) is 1.42. The van der Waals surface area contributed by atoms with E-state index in [0.717, 1.165) is 0 Å². The number of carbonyl (C=O) groups is 1. The highest BCUT2D eigenvalue weighted by molar-refractivity contribution is 6.31. The number of hydrogen-bond acceptors (Lipinski definition) is 4. The summed E-state index contributed by atoms with van der Waals surface area (Å²) in [6.45, 7) is 1.74. The molecule has 0 saturated carbocycles. The van der Waals surface area contributed by atoms with Gasteiger partial charge >= 0.3 is 5.97 Å². The molecular weight excluding hydrogens is 337 g/mol. The van der Waals surface area contributed by atoms with Gasteiger partial charge in [-0.2, -0.15) is 0 Å². The molecule has 0 N–H and O–H groups in total. The van der Waals surface area contributed by atoms with Crippen molar-refractivity contribution in [2.75, 3.05) is 0 Å². The Morgan fingerprint density at radius 3 is 2.52 bits per heavy atom. The highest BCUT2D eigenvalue weighted by Crippen LogP contribution is 2.19. The fraction of sp³-hybridized carbons (Fsp3) is 0.0625. The fourth-order valence-corrected chi connectivity index (χ4v) is 2.34. The molecule has 23 heavy (non-hydrogen) atoms. The quantitative estimate of drug-likeness (QED) is 0.528. The van der Waals surface area contributed by atoms with Crippen LogP contribution in [0.15, 0.2) is 48.5 Å². The molecule has 0 saturated heterocycles. The van der Waals surface area contributed by atoms with Crippen LogP contribution in [0.5, 0.6) is 5.75 Å². The van der Waals surface area contributed by atoms with Crippen LogP contribution in [0.4, 0.5) is 0 Å². The Hall–Kier alpha value is -2.37. The first kappa shape index (κ1) is 15.5. The molecule has 0 bridgehead atoms. The molecule has 0 atom stereocenters. The van der Waals surface area contributed by atoms with E-state index in [1.165, 1.54) is 4.68 Å². The average molecular weight is 348 g/mol. The molecule has 0 aliphatic carbocycles. The number of halogens is 2. The molecule has 0 aliphatic rings. The largest absolute Gasteiger partial charge is 0.422 e. The molecule has 0 radical (unpaired) electrons. The van der Waals surface area contributed by atoms with Crippen molar-refractivity contribution in [1.29, 1.82) is 0 Å². The number of ether oxygens (including phenoxy) is 1. The van der Waals surface area contributed by atoms with E-state index < -0.39 is 5.97 Å². The van der Waals surface area contributed by atoms with Crippen molar-refractivity contribution < 1.29 is 9.53 Å². The minimum atomic E-state index is -0.585. The predicted molar refractivity (Wildman–Crippen MR) is 87.5 cm³/mol. The average Bonchev–Trinajstić information content (AvgIpc) is 2.91. The Balaban J connectivity index is 1.86. The highest BCUT2D eigenvalue weighted by Gasteiger charge is 2.19. The minimum absolute atomic E-state index is 0.139. The van der Waals surface area contributed by atoms with Crippen molar-refractivity contribution in [3.05, 3.63) is 70.0 Å². The molecule has 7 heteroatoms. The van der Waals surface area contributed by atoms with Gasteiger partial charge < -0.3 is 4.74 Å². The molecule has 0 amide bonds. The van der Waals surface area contributed by atoms with E-state index >= 15 is 0 Å². The van der Waals surface area contributed by atoms with Gasteiger partial charge in [-0.05, 0) is 49.4 Å². The van der Waals surface area contributed by atoms with E-state index in [-0.39, 0.29) is 5.69 Å². The maximum absolute atomic E-state index is 12.2. The maximum atomic E-state index is 12.2. The third kappa shape index (κ3) is 3.36. The molecule has 0 aliphatic heterocycles. The molecular formula is C16H11Cl2N3O2. The van der Waals surface area contributed by atoms with E-state index in [1.807, 2.05) is 6.07 Å². The van der Waals surface area contributed by atoms with Crippen LogP contribution in [-0.2, 0) is 0 Å². The fourth-order valence-electron chi connectivity index (χ4n) is 2.03. The zero-order chi connectivity index (χ0) is 16.4. The number of carbonyl (C=O) groups excluding carboxylic acids is 1. The summed E-state index contributed by atoms with van der Waals surface area (Å²) in [6.07, 6.45) is 0. The molecule has 3 aromatic rings. The lowest BCUT2D eigenvalue weighted by molar-refractivity contribution is 0.0727. The van der Waals surface area contributed by atoms with Gasteiger partial charge in [0.05, 0.1) is 11.4 Å². The maximum Gasteiger partial charge on any atom is 0.366 e. The number of rotatable bonds is 3. The van der Waals surface area contributed by atoms with Crippen LogP contribution in [-0.4, -0.2) is 21.0 Å². The lowest BCUT2D eigenvalue weighted by atomic mass is 10.3. The van der Waals surface area contributed by atoms with E-state index in [9.17, 15) is 4.79 Å². The van der Waals surface area contributed by atoms with Gasteiger partial charge in [-0.1, -0.05) is 34.5 Å². The van der Waals surface area contributed by atoms with Crippen molar-refractivity contribution in [2.45, 2.75) is 6.92 Å². The third-order valence-corrected chi connectivity index (χ3v) is 3.65. The number of aromatic nitrogens is 3. The second kappa shape index (κ2) is 6.40. The number of esters is 1. The van der Waals surface area contributed by atoms with Gasteiger partial charge in [0.1, 0.15) is 5.75 Å². The monoisotopic (exact) mass is 347 g/mol. The zero-order valence-corrected chi connectivity index (χ0v) is 13.5. The summed E-state index contributed by atoms with van der Waals surface area (Å²) >= 11 is 11.8. The van der Waals surface area contributed by atoms with Gasteiger partial charge in [-0.3, -0.25) is 0 Å². The zero-order valence-electron chi connectivity index (χ0n) is 12.0. The molecule has 5 nitrogen and oxygen atoms in total. The highest BCUT2D eigenvalue weighted by atomic mass is 35.5. The number of benzene rings is 2. The van der Waals surface area contributed by atoms with Gasteiger partial charge in [0.25, 0.3) is 0 Å². The first-order valence-electron chi connectivity index (χ1n) is 6.70. The number of hydrogen-bond donors (Lipinski definition) is 0. The van der Waals surface area contributed by atoms with Gasteiger partial charge in [0, 0.05) is 10.0 Å². The van der Waals surface area contributed by atoms with Crippen LogP contribution in [0.2, 0.25) is 10.0 Å². The van der Waals surface area contributed by atoms with Gasteiger partial charge in [0.2, 0.25) is 0 Å². The van der Waals surface area contributed by atoms with Crippen LogP contribution in [0.25, 0.3) is 5.69 Å². The standard InChI is InChI=1S/C16H11Cl2N3O2/c1-10-15(16(22)23-14-7-5-11(17)6-8-14)19-20-21(10)13-4-2-3-12(18)9-13/h2-9H,1H3. The Morgan fingerprint density at radius 1 is 1.09 bits per heavy atom. The second-order valence-corrected chi connectivity index (χ2v) is 5.63. The summed E-state index contributed by atoms with van der Waals surface area (Å²) in [5.74, 6) is -0.200. The SMILES string of the molecule is Cc1c(C(=O)Oc2ccc(Cl)cc2)nnn1-c1cccc(Cl)c1. The smallest absolute Gasteiger partial charge is 0.366 e. The van der Waals surface area contributed by atoms with Crippen LogP contribution < -0.4 is 4.74 Å². The predicted octanol–water partition coefficient (Wildman–Crippen LogP) is 4.10. The minimum Gasteiger partial charge on any atom is -0.422 e. The normalized spacial score (nSPS) is 10.6. The van der Waals surface area contributed by atoms with Crippen molar-refractivity contribution in [3.63, 3.8) is 0 Å². The first-order valence-corrected chi connectivity index (χ1v) is 7.46. The lowest BCUT2D eigenvalue weighted by Gasteiger charge is -2.05. The Labute approximate surface area is 142 Å². The van der Waals surface area contributed by atoms with Gasteiger partial charge in [-0.15, -0.1) is 5.10 Å². The Kier molecular flexibility index (Phi) is 4.32. The van der Waals surface area contributed by atoms with E-state index in [4.69, 9.17) is 27.9 Å². The van der Waals surface area contributed by atoms with Crippen molar-refractivity contribution >= 4 is 29.2 Å². The van der Waals surface area contributed by atoms with Crippen LogP contribution in [0.1, 0.15) is 16.2 Å². The van der Waals surface area contributed by atoms with Crippen molar-refractivity contribution in [2.24, 2.45) is 0 Å². The van der Waals surface area contributed by atoms with E-state index in [0.29, 0.717) is 27.2 Å². The summed E-state index contributed by atoms with van der Waals surface area (Å²) in [4.78, 5) is 12.2. The molecule has 1 heterocycles. The van der Waals surface area contributed by atoms with Crippen LogP contribution in [0.3, 0.4) is 0 Å². The molecule has 2 aromatic carbocycles. The summed E-state index contributed by atoms with van der Waals surface area (Å²) in [5, 5.41) is 9.03. The van der Waals surface area contributed by atoms with E-state index in [1.54, 1.807) is 49.4 Å². The van der Waals surface area contributed by atoms with Crippen LogP contribution in [0, 0.1) is 6.92 Å². The van der Waals surface area contributed by atoms with Gasteiger partial charge in [-0.25, -0.2) is 9.48 Å². The van der Waals surface area contributed by atoms with Crippen molar-refractivity contribution in [1.82, 2.24) is 15.0 Å². The molecule has 3 rings (SSSR count). The summed E-state index contributed by atoms with van der Waals surface area (Å²) < 4.78 is 6.80. The van der Waals surface area contributed by atoms with E-state index in [2.05, 4.69) is 10.3 Å². The Morgan fingerprint density at radius 2 is 1.83 bits per heavy atom.